The van der Waals surface area contributed by atoms with Crippen molar-refractivity contribution in [3.05, 3.63) is 46.3 Å². The Hall–Kier alpha value is -2.56. The van der Waals surface area contributed by atoms with Crippen LogP contribution >= 0.6 is 11.3 Å². The maximum Gasteiger partial charge on any atom is 0.341 e. The Bertz CT molecular complexity index is 1150. The van der Waals surface area contributed by atoms with E-state index in [1.165, 1.54) is 34.7 Å². The molecule has 33 heavy (non-hydrogen) atoms. The molecular formula is C23H28N2O6S2. The molecule has 0 unspecified atom stereocenters. The number of benzene rings is 1. The van der Waals surface area contributed by atoms with E-state index in [1.54, 1.807) is 25.1 Å². The summed E-state index contributed by atoms with van der Waals surface area (Å²) in [6, 6.07) is 7.73. The maximum atomic E-state index is 13.0. The summed E-state index contributed by atoms with van der Waals surface area (Å²) in [7, 11) is -3.76. The number of Topliss-reactive ketones (excluding diaryl/α,β-unsaturated/α-hetero) is 1. The summed E-state index contributed by atoms with van der Waals surface area (Å²) in [5, 5.41) is 3.32. The fourth-order valence-corrected chi connectivity index (χ4v) is 6.17. The number of sulfonamides is 1. The zero-order valence-corrected chi connectivity index (χ0v) is 20.6. The van der Waals surface area contributed by atoms with Crippen LogP contribution in [0.2, 0.25) is 0 Å². The summed E-state index contributed by atoms with van der Waals surface area (Å²) in [5.41, 5.74) is 0.683. The molecule has 1 N–H and O–H groups in total. The van der Waals surface area contributed by atoms with Gasteiger partial charge in [-0.25, -0.2) is 13.2 Å². The zero-order valence-electron chi connectivity index (χ0n) is 18.9. The summed E-state index contributed by atoms with van der Waals surface area (Å²) in [4.78, 5) is 37.8. The highest BCUT2D eigenvalue weighted by atomic mass is 32.2. The fraction of sp³-hybridized carbons (Fsp3) is 0.435. The van der Waals surface area contributed by atoms with Crippen LogP contribution in [0.1, 0.15) is 59.2 Å². The SMILES string of the molecule is CCOC(=O)c1cc(CC)sc1NC(=O)C1CCN(S(=O)(=O)c2cccc(C(C)=O)c2)CC1. The van der Waals surface area contributed by atoms with E-state index in [9.17, 15) is 22.8 Å². The summed E-state index contributed by atoms with van der Waals surface area (Å²) < 4.78 is 32.5. The third kappa shape index (κ3) is 5.69. The van der Waals surface area contributed by atoms with Crippen molar-refractivity contribution in [3.63, 3.8) is 0 Å². The minimum Gasteiger partial charge on any atom is -0.462 e. The Morgan fingerprint density at radius 1 is 1.15 bits per heavy atom. The van der Waals surface area contributed by atoms with E-state index in [0.717, 1.165) is 11.3 Å². The number of nitrogens with zero attached hydrogens (tertiary/aromatic N) is 1. The first-order chi connectivity index (χ1) is 15.7. The predicted octanol–water partition coefficient (Wildman–Crippen LogP) is 3.73. The van der Waals surface area contributed by atoms with Gasteiger partial charge in [-0.3, -0.25) is 9.59 Å². The van der Waals surface area contributed by atoms with E-state index >= 15 is 0 Å². The first kappa shape index (κ1) is 25.1. The molecule has 10 heteroatoms. The molecule has 1 aliphatic heterocycles. The molecule has 0 atom stereocenters. The zero-order chi connectivity index (χ0) is 24.2. The van der Waals surface area contributed by atoms with Crippen molar-refractivity contribution in [2.24, 2.45) is 5.92 Å². The molecular weight excluding hydrogens is 464 g/mol. The fourth-order valence-electron chi connectivity index (χ4n) is 3.67. The minimum atomic E-state index is -3.76. The van der Waals surface area contributed by atoms with Crippen LogP contribution < -0.4 is 5.32 Å². The van der Waals surface area contributed by atoms with E-state index in [1.807, 2.05) is 6.92 Å². The van der Waals surface area contributed by atoms with E-state index < -0.39 is 16.0 Å². The average molecular weight is 493 g/mol. The molecule has 0 spiro atoms. The van der Waals surface area contributed by atoms with Gasteiger partial charge in [-0.05, 0) is 51.3 Å². The number of ketones is 1. The Morgan fingerprint density at radius 3 is 2.45 bits per heavy atom. The van der Waals surface area contributed by atoms with Crippen LogP contribution in [0.5, 0.6) is 0 Å². The van der Waals surface area contributed by atoms with Crippen molar-refractivity contribution in [2.75, 3.05) is 25.0 Å². The number of anilines is 1. The summed E-state index contributed by atoms with van der Waals surface area (Å²) in [5.74, 6) is -1.29. The largest absolute Gasteiger partial charge is 0.462 e. The number of nitrogens with one attached hydrogen (secondary N) is 1. The lowest BCUT2D eigenvalue weighted by molar-refractivity contribution is -0.120. The standard InChI is InChI=1S/C23H28N2O6S2/c1-4-18-14-20(23(28)31-5-2)22(32-18)24-21(27)16-9-11-25(12-10-16)33(29,30)19-8-6-7-17(13-19)15(3)26/h6-8,13-14,16H,4-5,9-12H2,1-3H3,(H,24,27). The number of hydrogen-bond acceptors (Lipinski definition) is 7. The number of aryl methyl sites for hydroxylation is 1. The number of carbonyl (C=O) groups excluding carboxylic acids is 3. The molecule has 0 radical (unpaired) electrons. The lowest BCUT2D eigenvalue weighted by Crippen LogP contribution is -2.41. The molecule has 1 aromatic carbocycles. The molecule has 178 valence electrons. The lowest BCUT2D eigenvalue weighted by atomic mass is 9.97. The van der Waals surface area contributed by atoms with Gasteiger partial charge in [0, 0.05) is 29.4 Å². The molecule has 1 aliphatic rings. The molecule has 3 rings (SSSR count). The number of esters is 1. The maximum absolute atomic E-state index is 13.0. The van der Waals surface area contributed by atoms with Gasteiger partial charge in [-0.2, -0.15) is 4.31 Å². The van der Waals surface area contributed by atoms with Gasteiger partial charge in [-0.1, -0.05) is 19.1 Å². The molecule has 1 amide bonds. The summed E-state index contributed by atoms with van der Waals surface area (Å²) >= 11 is 1.35. The third-order valence-electron chi connectivity index (χ3n) is 5.57. The second-order valence-corrected chi connectivity index (χ2v) is 10.9. The second-order valence-electron chi connectivity index (χ2n) is 7.78. The van der Waals surface area contributed by atoms with E-state index in [2.05, 4.69) is 5.32 Å². The molecule has 0 aliphatic carbocycles. The Morgan fingerprint density at radius 2 is 1.85 bits per heavy atom. The topological polar surface area (TPSA) is 110 Å². The first-order valence-electron chi connectivity index (χ1n) is 10.9. The highest BCUT2D eigenvalue weighted by Gasteiger charge is 2.33. The number of hydrogen-bond donors (Lipinski definition) is 1. The quantitative estimate of drug-likeness (QED) is 0.444. The number of thiophene rings is 1. The second kappa shape index (κ2) is 10.6. The van der Waals surface area contributed by atoms with E-state index in [0.29, 0.717) is 29.0 Å². The van der Waals surface area contributed by atoms with Gasteiger partial charge in [-0.15, -0.1) is 11.3 Å². The number of ether oxygens (including phenoxy) is 1. The van der Waals surface area contributed by atoms with Crippen molar-refractivity contribution in [2.45, 2.75) is 44.9 Å². The number of rotatable bonds is 8. The number of amides is 1. The molecule has 0 saturated carbocycles. The monoisotopic (exact) mass is 492 g/mol. The Kier molecular flexibility index (Phi) is 8.04. The summed E-state index contributed by atoms with van der Waals surface area (Å²) in [6.45, 7) is 5.71. The minimum absolute atomic E-state index is 0.0721. The predicted molar refractivity (Wildman–Crippen MR) is 126 cm³/mol. The number of piperidine rings is 1. The first-order valence-corrected chi connectivity index (χ1v) is 13.1. The van der Waals surface area contributed by atoms with Gasteiger partial charge >= 0.3 is 5.97 Å². The smallest absolute Gasteiger partial charge is 0.341 e. The van der Waals surface area contributed by atoms with Gasteiger partial charge in [0.25, 0.3) is 0 Å². The van der Waals surface area contributed by atoms with Crippen molar-refractivity contribution in [3.8, 4) is 0 Å². The normalized spacial score (nSPS) is 15.2. The molecule has 1 aromatic heterocycles. The molecule has 8 nitrogen and oxygen atoms in total. The van der Waals surface area contributed by atoms with Crippen LogP contribution in [0.15, 0.2) is 35.2 Å². The highest BCUT2D eigenvalue weighted by molar-refractivity contribution is 7.89. The molecule has 1 saturated heterocycles. The Labute approximate surface area is 198 Å². The Balaban J connectivity index is 1.67. The third-order valence-corrected chi connectivity index (χ3v) is 8.66. The van der Waals surface area contributed by atoms with Crippen molar-refractivity contribution >= 4 is 44.0 Å². The van der Waals surface area contributed by atoms with Crippen molar-refractivity contribution < 1.29 is 27.5 Å². The van der Waals surface area contributed by atoms with E-state index in [4.69, 9.17) is 4.74 Å². The van der Waals surface area contributed by atoms with Gasteiger partial charge < -0.3 is 10.1 Å². The van der Waals surface area contributed by atoms with Crippen LogP contribution in [0, 0.1) is 5.92 Å². The molecule has 2 heterocycles. The van der Waals surface area contributed by atoms with E-state index in [-0.39, 0.29) is 42.2 Å². The van der Waals surface area contributed by atoms with Crippen LogP contribution in [0.3, 0.4) is 0 Å². The van der Waals surface area contributed by atoms with Gasteiger partial charge in [0.05, 0.1) is 17.1 Å². The van der Waals surface area contributed by atoms with Crippen LogP contribution in [-0.2, 0) is 26.0 Å². The van der Waals surface area contributed by atoms with Gasteiger partial charge in [0.15, 0.2) is 5.78 Å². The van der Waals surface area contributed by atoms with Gasteiger partial charge in [0.2, 0.25) is 15.9 Å². The lowest BCUT2D eigenvalue weighted by Gasteiger charge is -2.30. The van der Waals surface area contributed by atoms with Crippen LogP contribution in [0.25, 0.3) is 0 Å². The number of carbonyl (C=O) groups is 3. The van der Waals surface area contributed by atoms with Crippen LogP contribution in [-0.4, -0.2) is 50.1 Å². The molecule has 0 bridgehead atoms. The van der Waals surface area contributed by atoms with Crippen molar-refractivity contribution in [1.82, 2.24) is 4.31 Å². The average Bonchev–Trinajstić information content (AvgIpc) is 3.22. The molecule has 2 aromatic rings. The summed E-state index contributed by atoms with van der Waals surface area (Å²) in [6.07, 6.45) is 1.45. The van der Waals surface area contributed by atoms with Gasteiger partial charge in [0.1, 0.15) is 5.00 Å². The highest BCUT2D eigenvalue weighted by Crippen LogP contribution is 2.31. The van der Waals surface area contributed by atoms with Crippen molar-refractivity contribution in [1.29, 1.82) is 0 Å². The molecule has 1 fully saturated rings. The van der Waals surface area contributed by atoms with Crippen LogP contribution in [0.4, 0.5) is 5.00 Å².